The third kappa shape index (κ3) is 5.67. The second kappa shape index (κ2) is 10.7. The van der Waals surface area contributed by atoms with Crippen molar-refractivity contribution in [3.8, 4) is 0 Å². The number of amides is 3. The lowest BCUT2D eigenvalue weighted by Crippen LogP contribution is -2.48. The summed E-state index contributed by atoms with van der Waals surface area (Å²) in [4.78, 5) is 39.7. The number of halogens is 2. The number of allylic oxidation sites excluding steroid dienone is 1. The van der Waals surface area contributed by atoms with Crippen LogP contribution in [0.5, 0.6) is 0 Å². The Morgan fingerprint density at radius 1 is 1.15 bits per heavy atom. The van der Waals surface area contributed by atoms with Crippen LogP contribution in [0.3, 0.4) is 0 Å². The summed E-state index contributed by atoms with van der Waals surface area (Å²) in [5, 5.41) is 6.39. The molecule has 0 saturated heterocycles. The quantitative estimate of drug-likeness (QED) is 0.498. The summed E-state index contributed by atoms with van der Waals surface area (Å²) < 4.78 is 5.01. The summed E-state index contributed by atoms with van der Waals surface area (Å²) in [5.41, 5.74) is 2.31. The number of nitrogens with one attached hydrogen (secondary N) is 2. The maximum absolute atomic E-state index is 12.8. The molecule has 3 amide bonds. The largest absolute Gasteiger partial charge is 0.466 e. The highest BCUT2D eigenvalue weighted by molar-refractivity contribution is 6.35. The third-order valence-electron chi connectivity index (χ3n) is 5.34. The Bertz CT molecular complexity index is 1100. The first kappa shape index (κ1) is 24.6. The number of nitrogens with zero attached hydrogens (tertiary/aromatic N) is 1. The van der Waals surface area contributed by atoms with Gasteiger partial charge in [0.25, 0.3) is 5.91 Å². The average molecular weight is 490 g/mol. The van der Waals surface area contributed by atoms with Gasteiger partial charge in [0, 0.05) is 33.5 Å². The van der Waals surface area contributed by atoms with Gasteiger partial charge in [-0.1, -0.05) is 48.7 Å². The van der Waals surface area contributed by atoms with Gasteiger partial charge in [-0.2, -0.15) is 0 Å². The van der Waals surface area contributed by atoms with Gasteiger partial charge in [-0.25, -0.2) is 9.59 Å². The summed E-state index contributed by atoms with van der Waals surface area (Å²) >= 11 is 12.0. The van der Waals surface area contributed by atoms with Gasteiger partial charge >= 0.3 is 12.0 Å². The molecular weight excluding hydrogens is 465 g/mol. The van der Waals surface area contributed by atoms with Gasteiger partial charge in [-0.05, 0) is 49.2 Å². The molecule has 2 N–H and O–H groups in total. The topological polar surface area (TPSA) is 87.7 Å². The minimum Gasteiger partial charge on any atom is -0.466 e. The fraction of sp³-hybridized carbons (Fsp3) is 0.292. The number of hydrogen-bond acceptors (Lipinski definition) is 4. The Balaban J connectivity index is 1.93. The number of unbranched alkanes of at least 4 members (excludes halogenated alkanes) is 1. The molecule has 0 saturated carbocycles. The van der Waals surface area contributed by atoms with Crippen LogP contribution in [0.2, 0.25) is 10.0 Å². The van der Waals surface area contributed by atoms with Crippen molar-refractivity contribution in [3.05, 3.63) is 74.9 Å². The van der Waals surface area contributed by atoms with Crippen molar-refractivity contribution in [2.24, 2.45) is 0 Å². The van der Waals surface area contributed by atoms with Gasteiger partial charge in [-0.15, -0.1) is 0 Å². The van der Waals surface area contributed by atoms with Crippen molar-refractivity contribution in [1.29, 1.82) is 0 Å². The highest BCUT2D eigenvalue weighted by Crippen LogP contribution is 2.32. The van der Waals surface area contributed by atoms with E-state index in [9.17, 15) is 14.4 Å². The average Bonchev–Trinajstić information content (AvgIpc) is 2.77. The maximum atomic E-state index is 12.8. The number of benzene rings is 2. The molecule has 1 aliphatic rings. The van der Waals surface area contributed by atoms with Crippen LogP contribution in [0.1, 0.15) is 48.7 Å². The van der Waals surface area contributed by atoms with E-state index >= 15 is 0 Å². The standard InChI is InChI=1S/C24H25Cl2N3O4/c1-4-5-9-29-14(2)20(23(31)33-3)21(28-24(29)32)15-7-6-8-19(12-15)27-22(30)16-10-17(25)13-18(26)11-16/h6-8,10-13,21H,4-5,9H2,1-3H3,(H,27,30)(H,28,32)/t21-/m0/s1. The smallest absolute Gasteiger partial charge is 0.337 e. The van der Waals surface area contributed by atoms with Crippen molar-refractivity contribution in [1.82, 2.24) is 10.2 Å². The van der Waals surface area contributed by atoms with E-state index in [1.807, 2.05) is 6.92 Å². The van der Waals surface area contributed by atoms with Crippen LogP contribution in [0, 0.1) is 0 Å². The first-order chi connectivity index (χ1) is 15.7. The Kier molecular flexibility index (Phi) is 8.00. The monoisotopic (exact) mass is 489 g/mol. The zero-order valence-electron chi connectivity index (χ0n) is 18.6. The summed E-state index contributed by atoms with van der Waals surface area (Å²) in [6.45, 7) is 4.27. The number of methoxy groups -OCH3 is 1. The maximum Gasteiger partial charge on any atom is 0.337 e. The van der Waals surface area contributed by atoms with Crippen molar-refractivity contribution >= 4 is 46.8 Å². The zero-order valence-corrected chi connectivity index (χ0v) is 20.1. The Morgan fingerprint density at radius 3 is 2.48 bits per heavy atom. The lowest BCUT2D eigenvalue weighted by atomic mass is 9.94. The van der Waals surface area contributed by atoms with E-state index in [1.54, 1.807) is 42.2 Å². The van der Waals surface area contributed by atoms with E-state index in [4.69, 9.17) is 27.9 Å². The van der Waals surface area contributed by atoms with Crippen LogP contribution in [-0.4, -0.2) is 36.5 Å². The first-order valence-electron chi connectivity index (χ1n) is 10.5. The van der Waals surface area contributed by atoms with Gasteiger partial charge in [0.05, 0.1) is 18.7 Å². The van der Waals surface area contributed by atoms with E-state index < -0.39 is 17.9 Å². The van der Waals surface area contributed by atoms with Gasteiger partial charge in [0.15, 0.2) is 0 Å². The summed E-state index contributed by atoms with van der Waals surface area (Å²) in [6.07, 6.45) is 1.71. The van der Waals surface area contributed by atoms with Gasteiger partial charge in [-0.3, -0.25) is 9.69 Å². The highest BCUT2D eigenvalue weighted by atomic mass is 35.5. The molecular formula is C24H25Cl2N3O4. The second-order valence-corrected chi connectivity index (χ2v) is 8.49. The number of urea groups is 1. The number of hydrogen-bond donors (Lipinski definition) is 2. The Morgan fingerprint density at radius 2 is 1.85 bits per heavy atom. The molecule has 1 aliphatic heterocycles. The molecule has 0 aromatic heterocycles. The molecule has 1 heterocycles. The lowest BCUT2D eigenvalue weighted by molar-refractivity contribution is -0.136. The molecule has 0 aliphatic carbocycles. The van der Waals surface area contributed by atoms with Gasteiger partial charge < -0.3 is 15.4 Å². The fourth-order valence-electron chi connectivity index (χ4n) is 3.68. The van der Waals surface area contributed by atoms with Gasteiger partial charge in [0.1, 0.15) is 0 Å². The Hall–Kier alpha value is -3.03. The number of rotatable bonds is 7. The van der Waals surface area contributed by atoms with Crippen molar-refractivity contribution < 1.29 is 19.1 Å². The van der Waals surface area contributed by atoms with Crippen LogP contribution < -0.4 is 10.6 Å². The zero-order chi connectivity index (χ0) is 24.1. The minimum absolute atomic E-state index is 0.290. The molecule has 9 heteroatoms. The van der Waals surface area contributed by atoms with E-state index in [2.05, 4.69) is 10.6 Å². The number of anilines is 1. The predicted molar refractivity (Wildman–Crippen MR) is 128 cm³/mol. The summed E-state index contributed by atoms with van der Waals surface area (Å²) in [7, 11) is 1.30. The molecule has 0 fully saturated rings. The van der Waals surface area contributed by atoms with E-state index in [0.29, 0.717) is 44.7 Å². The molecule has 2 aromatic carbocycles. The Labute approximate surface area is 202 Å². The van der Waals surface area contributed by atoms with Crippen molar-refractivity contribution in [2.75, 3.05) is 19.0 Å². The highest BCUT2D eigenvalue weighted by Gasteiger charge is 2.36. The molecule has 33 heavy (non-hydrogen) atoms. The van der Waals surface area contributed by atoms with Crippen molar-refractivity contribution in [2.45, 2.75) is 32.7 Å². The molecule has 3 rings (SSSR count). The molecule has 174 valence electrons. The van der Waals surface area contributed by atoms with E-state index in [0.717, 1.165) is 12.8 Å². The van der Waals surface area contributed by atoms with E-state index in [-0.39, 0.29) is 6.03 Å². The number of carbonyl (C=O) groups is 3. The number of ether oxygens (including phenoxy) is 1. The summed E-state index contributed by atoms with van der Waals surface area (Å²) in [5.74, 6) is -0.920. The van der Waals surface area contributed by atoms with Crippen LogP contribution in [0.25, 0.3) is 0 Å². The normalized spacial score (nSPS) is 15.8. The number of esters is 1. The molecule has 0 spiro atoms. The first-order valence-corrected chi connectivity index (χ1v) is 11.2. The molecule has 1 atom stereocenters. The molecule has 0 unspecified atom stereocenters. The molecule has 0 bridgehead atoms. The SMILES string of the molecule is CCCCN1C(=O)N[C@@H](c2cccc(NC(=O)c3cc(Cl)cc(Cl)c3)c2)C(C(=O)OC)=C1C. The molecule has 7 nitrogen and oxygen atoms in total. The van der Waals surface area contributed by atoms with E-state index in [1.165, 1.54) is 19.2 Å². The fourth-order valence-corrected chi connectivity index (χ4v) is 4.20. The van der Waals surface area contributed by atoms with Crippen LogP contribution in [0.4, 0.5) is 10.5 Å². The van der Waals surface area contributed by atoms with Crippen LogP contribution >= 0.6 is 23.2 Å². The van der Waals surface area contributed by atoms with Crippen LogP contribution in [0.15, 0.2) is 53.7 Å². The molecule has 2 aromatic rings. The minimum atomic E-state index is -0.722. The lowest BCUT2D eigenvalue weighted by Gasteiger charge is -2.35. The summed E-state index contributed by atoms with van der Waals surface area (Å²) in [6, 6.07) is 10.5. The predicted octanol–water partition coefficient (Wildman–Crippen LogP) is 5.56. The molecule has 0 radical (unpaired) electrons. The van der Waals surface area contributed by atoms with Crippen LogP contribution in [-0.2, 0) is 9.53 Å². The van der Waals surface area contributed by atoms with Gasteiger partial charge in [0.2, 0.25) is 0 Å². The third-order valence-corrected chi connectivity index (χ3v) is 5.78. The second-order valence-electron chi connectivity index (χ2n) is 7.62. The number of carbonyl (C=O) groups excluding carboxylic acids is 3. The van der Waals surface area contributed by atoms with Crippen molar-refractivity contribution in [3.63, 3.8) is 0 Å².